The van der Waals surface area contributed by atoms with Crippen molar-refractivity contribution in [3.63, 3.8) is 0 Å². The topological polar surface area (TPSA) is 176 Å². The van der Waals surface area contributed by atoms with E-state index in [9.17, 15) is 25.2 Å². The van der Waals surface area contributed by atoms with Gasteiger partial charge in [-0.3, -0.25) is 4.79 Å². The molecule has 13 heteroatoms. The van der Waals surface area contributed by atoms with E-state index in [0.717, 1.165) is 56.1 Å². The number of aromatic nitrogens is 1. The van der Waals surface area contributed by atoms with Crippen LogP contribution in [-0.2, 0) is 26.4 Å². The van der Waals surface area contributed by atoms with Crippen LogP contribution >= 0.6 is 11.6 Å². The largest absolute Gasteiger partial charge is 0.493 e. The maximum Gasteiger partial charge on any atom is 0.255 e. The molecule has 0 fully saturated rings. The Balaban J connectivity index is 0.900. The van der Waals surface area contributed by atoms with Crippen molar-refractivity contribution in [2.75, 3.05) is 25.6 Å². The van der Waals surface area contributed by atoms with Crippen molar-refractivity contribution < 1.29 is 44.0 Å². The maximum absolute atomic E-state index is 12.6. The molecule has 1 amide bonds. The van der Waals surface area contributed by atoms with E-state index < -0.39 is 6.17 Å². The van der Waals surface area contributed by atoms with Gasteiger partial charge in [-0.15, -0.1) is 0 Å². The van der Waals surface area contributed by atoms with Crippen LogP contribution in [0, 0.1) is 0 Å². The molecule has 0 aliphatic carbocycles. The smallest absolute Gasteiger partial charge is 0.255 e. The first-order valence-electron chi connectivity index (χ1n) is 18.8. The third kappa shape index (κ3) is 9.81. The van der Waals surface area contributed by atoms with Gasteiger partial charge in [-0.25, -0.2) is 0 Å². The fraction of sp³-hybridized carbons (Fsp3) is 0.349. The van der Waals surface area contributed by atoms with Gasteiger partial charge in [0.05, 0.1) is 52.3 Å². The van der Waals surface area contributed by atoms with Crippen LogP contribution in [0.4, 0.5) is 5.69 Å². The van der Waals surface area contributed by atoms with Crippen LogP contribution in [0.3, 0.4) is 0 Å². The molecular weight excluding hydrogens is 738 g/mol. The van der Waals surface area contributed by atoms with E-state index in [1.165, 1.54) is 0 Å². The van der Waals surface area contributed by atoms with Crippen molar-refractivity contribution >= 4 is 23.2 Å². The van der Waals surface area contributed by atoms with Gasteiger partial charge in [0, 0.05) is 33.5 Å². The minimum absolute atomic E-state index is 0.177. The summed E-state index contributed by atoms with van der Waals surface area (Å²) in [6.45, 7) is 0.0630. The molecule has 0 bridgehead atoms. The molecule has 0 spiro atoms. The van der Waals surface area contributed by atoms with Crippen molar-refractivity contribution in [2.24, 2.45) is 0 Å². The molecule has 1 unspecified atom stereocenters. The molecule has 6 N–H and O–H groups in total. The number of rotatable bonds is 20. The molecule has 0 saturated heterocycles. The number of hydrogen-bond donors (Lipinski definition) is 6. The molecule has 296 valence electrons. The normalized spacial score (nSPS) is 13.5. The predicted octanol–water partition coefficient (Wildman–Crippen LogP) is 7.68. The van der Waals surface area contributed by atoms with Crippen molar-refractivity contribution in [2.45, 2.75) is 77.5 Å². The summed E-state index contributed by atoms with van der Waals surface area (Å²) in [6, 6.07) is 21.5. The molecule has 5 aromatic rings. The summed E-state index contributed by atoms with van der Waals surface area (Å²) in [5, 5.41) is 50.3. The molecule has 0 saturated carbocycles. The van der Waals surface area contributed by atoms with Gasteiger partial charge in [-0.2, -0.15) is 0 Å². The number of aliphatic hydroxyl groups excluding tert-OH is 4. The number of benzene rings is 4. The lowest BCUT2D eigenvalue weighted by atomic mass is 9.97. The molecular formula is C43H48ClN3O9. The van der Waals surface area contributed by atoms with Crippen LogP contribution in [0.1, 0.15) is 89.3 Å². The van der Waals surface area contributed by atoms with E-state index in [2.05, 4.69) is 15.8 Å². The number of halogens is 1. The monoisotopic (exact) mass is 785 g/mol. The molecule has 2 heterocycles. The zero-order valence-corrected chi connectivity index (χ0v) is 32.1. The van der Waals surface area contributed by atoms with Gasteiger partial charge in [0.2, 0.25) is 0 Å². The third-order valence-electron chi connectivity index (χ3n) is 9.88. The van der Waals surface area contributed by atoms with Crippen molar-refractivity contribution in [3.05, 3.63) is 111 Å². The number of anilines is 1. The number of aliphatic hydroxyl groups is 4. The number of amides is 1. The van der Waals surface area contributed by atoms with Gasteiger partial charge in [0.25, 0.3) is 5.91 Å². The Morgan fingerprint density at radius 3 is 2.00 bits per heavy atom. The summed E-state index contributed by atoms with van der Waals surface area (Å²) >= 11 is 6.05. The van der Waals surface area contributed by atoms with Crippen molar-refractivity contribution in [3.8, 4) is 39.8 Å². The van der Waals surface area contributed by atoms with Crippen LogP contribution < -0.4 is 24.8 Å². The van der Waals surface area contributed by atoms with Crippen LogP contribution in [0.25, 0.3) is 22.6 Å². The molecule has 12 nitrogen and oxygen atoms in total. The molecule has 0 radical (unpaired) electrons. The van der Waals surface area contributed by atoms with Gasteiger partial charge in [-0.05, 0) is 95.8 Å². The van der Waals surface area contributed by atoms with E-state index in [1.54, 1.807) is 43.5 Å². The fourth-order valence-electron chi connectivity index (χ4n) is 6.81. The van der Waals surface area contributed by atoms with Crippen molar-refractivity contribution in [1.82, 2.24) is 10.5 Å². The molecule has 56 heavy (non-hydrogen) atoms. The minimum atomic E-state index is -0.439. The Morgan fingerprint density at radius 1 is 0.679 bits per heavy atom. The predicted molar refractivity (Wildman–Crippen MR) is 213 cm³/mol. The van der Waals surface area contributed by atoms with Gasteiger partial charge in [0.15, 0.2) is 17.3 Å². The Kier molecular flexibility index (Phi) is 14.2. The number of carbonyl (C=O) groups excluding carboxylic acids is 1. The van der Waals surface area contributed by atoms with Gasteiger partial charge in [0.1, 0.15) is 17.6 Å². The zero-order chi connectivity index (χ0) is 39.4. The van der Waals surface area contributed by atoms with E-state index in [4.69, 9.17) is 30.3 Å². The van der Waals surface area contributed by atoms with Crippen LogP contribution in [0.5, 0.6) is 17.2 Å². The van der Waals surface area contributed by atoms with E-state index in [-0.39, 0.29) is 32.3 Å². The van der Waals surface area contributed by atoms with E-state index in [1.807, 2.05) is 36.4 Å². The van der Waals surface area contributed by atoms with Gasteiger partial charge in [-0.1, -0.05) is 54.9 Å². The highest BCUT2D eigenvalue weighted by Gasteiger charge is 2.25. The SMILES string of the molecule is COc1ccc(-c2cc(-c3cc(CO)c(CO)c(CO)c3)on2)cc1OCCCCCCCCCOc1ccc(C2NC(=O)c3cc(Cl)ccc3N2)cc1CO. The number of ether oxygens (including phenoxy) is 3. The summed E-state index contributed by atoms with van der Waals surface area (Å²) in [4.78, 5) is 12.6. The summed E-state index contributed by atoms with van der Waals surface area (Å²) in [7, 11) is 1.60. The fourth-order valence-corrected chi connectivity index (χ4v) is 6.99. The third-order valence-corrected chi connectivity index (χ3v) is 10.1. The highest BCUT2D eigenvalue weighted by Crippen LogP contribution is 2.35. The Labute approximate surface area is 331 Å². The summed E-state index contributed by atoms with van der Waals surface area (Å²) in [5.74, 6) is 2.12. The second-order valence-corrected chi connectivity index (χ2v) is 14.1. The molecule has 1 aliphatic heterocycles. The molecule has 6 rings (SSSR count). The Hall–Kier alpha value is -5.11. The van der Waals surface area contributed by atoms with Crippen molar-refractivity contribution in [1.29, 1.82) is 0 Å². The van der Waals surface area contributed by atoms with E-state index in [0.29, 0.717) is 86.0 Å². The number of methoxy groups -OCH3 is 1. The second kappa shape index (κ2) is 19.7. The number of nitrogens with one attached hydrogen (secondary N) is 2. The number of hydrogen-bond acceptors (Lipinski definition) is 11. The minimum Gasteiger partial charge on any atom is -0.493 e. The second-order valence-electron chi connectivity index (χ2n) is 13.6. The summed E-state index contributed by atoms with van der Waals surface area (Å²) in [6.07, 6.45) is 6.74. The number of fused-ring (bicyclic) bond motifs is 1. The summed E-state index contributed by atoms with van der Waals surface area (Å²) in [5.41, 5.74) is 6.21. The first-order chi connectivity index (χ1) is 27.3. The Morgan fingerprint density at radius 2 is 1.34 bits per heavy atom. The number of nitrogens with zero attached hydrogens (tertiary/aromatic N) is 1. The first-order valence-corrected chi connectivity index (χ1v) is 19.2. The first kappa shape index (κ1) is 40.6. The average Bonchev–Trinajstić information content (AvgIpc) is 3.73. The van der Waals surface area contributed by atoms with Crippen LogP contribution in [-0.4, -0.2) is 51.8 Å². The number of carbonyl (C=O) groups is 1. The quantitative estimate of drug-likeness (QED) is 0.0427. The van der Waals surface area contributed by atoms with Crippen LogP contribution in [0.15, 0.2) is 77.3 Å². The Bertz CT molecular complexity index is 2080. The van der Waals surface area contributed by atoms with E-state index >= 15 is 0 Å². The maximum atomic E-state index is 12.6. The zero-order valence-electron chi connectivity index (χ0n) is 31.4. The average molecular weight is 786 g/mol. The van der Waals surface area contributed by atoms with Gasteiger partial charge < -0.3 is 49.8 Å². The highest BCUT2D eigenvalue weighted by atomic mass is 35.5. The number of unbranched alkanes of at least 4 members (excludes halogenated alkanes) is 6. The molecule has 1 aromatic heterocycles. The molecule has 1 atom stereocenters. The lowest BCUT2D eigenvalue weighted by Gasteiger charge is -2.28. The van der Waals surface area contributed by atoms with Crippen LogP contribution in [0.2, 0.25) is 5.02 Å². The highest BCUT2D eigenvalue weighted by molar-refractivity contribution is 6.31. The standard InChI is InChI=1S/C43H48ClN3O9/c1-53-39-14-9-27(37-22-40(56-47-37)29-18-30(23-48)35(26-51)31(19-29)24-49)20-41(39)55-16-8-6-4-2-3-5-7-15-54-38-13-10-28(17-32(38)25-50)42-45-36-12-11-33(44)21-34(36)43(52)46-42/h9-14,17-22,42,45,48-51H,2-8,15-16,23-26H2,1H3,(H,46,52). The lowest BCUT2D eigenvalue weighted by Crippen LogP contribution is -2.38. The summed E-state index contributed by atoms with van der Waals surface area (Å²) < 4.78 is 23.3. The molecule has 4 aromatic carbocycles. The molecule has 1 aliphatic rings. The lowest BCUT2D eigenvalue weighted by molar-refractivity contribution is 0.0935. The van der Waals surface area contributed by atoms with Gasteiger partial charge >= 0.3 is 0 Å².